The Hall–Kier alpha value is -0.840. The van der Waals surface area contributed by atoms with Crippen molar-refractivity contribution in [2.45, 2.75) is 26.4 Å². The van der Waals surface area contributed by atoms with Gasteiger partial charge >= 0.3 is 0 Å². The van der Waals surface area contributed by atoms with Gasteiger partial charge in [0.15, 0.2) is 0 Å². The van der Waals surface area contributed by atoms with Crippen LogP contribution in [0.5, 0.6) is 0 Å². The highest BCUT2D eigenvalue weighted by molar-refractivity contribution is 9.10. The zero-order valence-corrected chi connectivity index (χ0v) is 13.6. The molecule has 2 aromatic rings. The number of halogens is 2. The molecule has 0 fully saturated rings. The summed E-state index contributed by atoms with van der Waals surface area (Å²) in [6, 6.07) is 6.04. The van der Waals surface area contributed by atoms with E-state index in [4.69, 9.17) is 11.6 Å². The lowest BCUT2D eigenvalue weighted by molar-refractivity contribution is 0.560. The lowest BCUT2D eigenvalue weighted by Gasteiger charge is -2.21. The van der Waals surface area contributed by atoms with Crippen molar-refractivity contribution in [3.8, 4) is 0 Å². The number of nitrogens with zero attached hydrogens (tertiary/aromatic N) is 2. The minimum absolute atomic E-state index is 0.0653. The molecular weight excluding hydrogens is 326 g/mol. The van der Waals surface area contributed by atoms with Gasteiger partial charge in [-0.3, -0.25) is 4.68 Å². The standard InChI is InChI=1S/C14H17BrClN3/c1-4-19-14(12(15)8-18-19)13(17-3)11-7-10(16)6-5-9(11)2/h5-8,13,17H,4H2,1-3H3. The van der Waals surface area contributed by atoms with Crippen molar-refractivity contribution in [2.75, 3.05) is 7.05 Å². The molecule has 0 bridgehead atoms. The molecule has 1 unspecified atom stereocenters. The zero-order valence-electron chi connectivity index (χ0n) is 11.2. The first-order chi connectivity index (χ1) is 9.08. The predicted octanol–water partition coefficient (Wildman–Crippen LogP) is 3.94. The summed E-state index contributed by atoms with van der Waals surface area (Å²) in [6.07, 6.45) is 1.84. The largest absolute Gasteiger partial charge is 0.308 e. The third kappa shape index (κ3) is 2.86. The number of rotatable bonds is 4. The van der Waals surface area contributed by atoms with Crippen LogP contribution in [0.15, 0.2) is 28.9 Å². The Balaban J connectivity index is 2.56. The SMILES string of the molecule is CCn1ncc(Br)c1C(NC)c1cc(Cl)ccc1C. The van der Waals surface area contributed by atoms with Crippen molar-refractivity contribution in [3.05, 3.63) is 50.7 Å². The smallest absolute Gasteiger partial charge is 0.0760 e. The van der Waals surface area contributed by atoms with Crippen molar-refractivity contribution in [1.82, 2.24) is 15.1 Å². The van der Waals surface area contributed by atoms with Crippen molar-refractivity contribution < 1.29 is 0 Å². The Bertz CT molecular complexity index is 580. The van der Waals surface area contributed by atoms with E-state index in [-0.39, 0.29) is 6.04 Å². The lowest BCUT2D eigenvalue weighted by atomic mass is 9.99. The molecule has 1 aromatic carbocycles. The van der Waals surface area contributed by atoms with E-state index in [0.717, 1.165) is 21.7 Å². The van der Waals surface area contributed by atoms with E-state index >= 15 is 0 Å². The van der Waals surface area contributed by atoms with Crippen LogP contribution in [0.25, 0.3) is 0 Å². The van der Waals surface area contributed by atoms with Crippen LogP contribution in [-0.4, -0.2) is 16.8 Å². The molecular formula is C14H17BrClN3. The molecule has 5 heteroatoms. The third-order valence-corrected chi connectivity index (χ3v) is 4.09. The molecule has 2 rings (SSSR count). The van der Waals surface area contributed by atoms with Crippen LogP contribution < -0.4 is 5.32 Å². The Morgan fingerprint density at radius 3 is 2.84 bits per heavy atom. The number of hydrogen-bond donors (Lipinski definition) is 1. The second kappa shape index (κ2) is 6.07. The monoisotopic (exact) mass is 341 g/mol. The van der Waals surface area contributed by atoms with Gasteiger partial charge in [-0.25, -0.2) is 0 Å². The highest BCUT2D eigenvalue weighted by Gasteiger charge is 2.21. The highest BCUT2D eigenvalue weighted by Crippen LogP contribution is 2.31. The normalized spacial score (nSPS) is 12.7. The molecule has 1 atom stereocenters. The van der Waals surface area contributed by atoms with Crippen LogP contribution in [-0.2, 0) is 6.54 Å². The van der Waals surface area contributed by atoms with Crippen LogP contribution >= 0.6 is 27.5 Å². The van der Waals surface area contributed by atoms with E-state index < -0.39 is 0 Å². The first kappa shape index (κ1) is 14.6. The van der Waals surface area contributed by atoms with E-state index in [1.807, 2.05) is 36.1 Å². The van der Waals surface area contributed by atoms with Gasteiger partial charge in [0.1, 0.15) is 0 Å². The van der Waals surface area contributed by atoms with Gasteiger partial charge < -0.3 is 5.32 Å². The number of nitrogens with one attached hydrogen (secondary N) is 1. The van der Waals surface area contributed by atoms with E-state index in [9.17, 15) is 0 Å². The van der Waals surface area contributed by atoms with E-state index in [2.05, 4.69) is 40.2 Å². The van der Waals surface area contributed by atoms with Crippen LogP contribution in [0.1, 0.15) is 29.8 Å². The summed E-state index contributed by atoms with van der Waals surface area (Å²) in [6.45, 7) is 5.01. The second-order valence-corrected chi connectivity index (χ2v) is 5.71. The fraction of sp³-hybridized carbons (Fsp3) is 0.357. The summed E-state index contributed by atoms with van der Waals surface area (Å²) >= 11 is 9.71. The Kier molecular flexibility index (Phi) is 4.66. The summed E-state index contributed by atoms with van der Waals surface area (Å²) in [5.41, 5.74) is 3.50. The van der Waals surface area contributed by atoms with E-state index in [1.54, 1.807) is 0 Å². The molecule has 0 radical (unpaired) electrons. The molecule has 3 nitrogen and oxygen atoms in total. The Labute approximate surface area is 127 Å². The number of hydrogen-bond acceptors (Lipinski definition) is 2. The molecule has 0 aliphatic carbocycles. The zero-order chi connectivity index (χ0) is 14.0. The molecule has 102 valence electrons. The number of aromatic nitrogens is 2. The second-order valence-electron chi connectivity index (χ2n) is 4.42. The summed E-state index contributed by atoms with van der Waals surface area (Å²) in [5, 5.41) is 8.48. The fourth-order valence-corrected chi connectivity index (χ4v) is 2.98. The molecule has 0 amide bonds. The van der Waals surface area contributed by atoms with Crippen LogP contribution in [0, 0.1) is 6.92 Å². The summed E-state index contributed by atoms with van der Waals surface area (Å²) in [4.78, 5) is 0. The maximum atomic E-state index is 6.13. The first-order valence-electron chi connectivity index (χ1n) is 6.23. The Morgan fingerprint density at radius 1 is 1.47 bits per heavy atom. The lowest BCUT2D eigenvalue weighted by Crippen LogP contribution is -2.22. The molecule has 1 N–H and O–H groups in total. The van der Waals surface area contributed by atoms with E-state index in [0.29, 0.717) is 0 Å². The molecule has 1 aromatic heterocycles. The van der Waals surface area contributed by atoms with Crippen molar-refractivity contribution in [3.63, 3.8) is 0 Å². The van der Waals surface area contributed by atoms with Crippen molar-refractivity contribution in [2.24, 2.45) is 0 Å². The van der Waals surface area contributed by atoms with Crippen LogP contribution in [0.4, 0.5) is 0 Å². The Morgan fingerprint density at radius 2 is 2.21 bits per heavy atom. The van der Waals surface area contributed by atoms with Crippen molar-refractivity contribution in [1.29, 1.82) is 0 Å². The fourth-order valence-electron chi connectivity index (χ4n) is 2.27. The van der Waals surface area contributed by atoms with Gasteiger partial charge in [-0.05, 0) is 60.1 Å². The molecule has 1 heterocycles. The molecule has 0 spiro atoms. The molecule has 0 aliphatic heterocycles. The van der Waals surface area contributed by atoms with Gasteiger partial charge in [0.2, 0.25) is 0 Å². The highest BCUT2D eigenvalue weighted by atomic mass is 79.9. The summed E-state index contributed by atoms with van der Waals surface area (Å²) in [5.74, 6) is 0. The maximum Gasteiger partial charge on any atom is 0.0760 e. The topological polar surface area (TPSA) is 29.9 Å². The summed E-state index contributed by atoms with van der Waals surface area (Å²) < 4.78 is 3.00. The molecule has 0 aliphatic rings. The summed E-state index contributed by atoms with van der Waals surface area (Å²) in [7, 11) is 1.95. The van der Waals surface area contributed by atoms with Gasteiger partial charge in [-0.1, -0.05) is 17.7 Å². The third-order valence-electron chi connectivity index (χ3n) is 3.25. The first-order valence-corrected chi connectivity index (χ1v) is 7.40. The average Bonchev–Trinajstić information content (AvgIpc) is 2.76. The predicted molar refractivity (Wildman–Crippen MR) is 82.7 cm³/mol. The molecule has 19 heavy (non-hydrogen) atoms. The van der Waals surface area contributed by atoms with Gasteiger partial charge in [0, 0.05) is 11.6 Å². The quantitative estimate of drug-likeness (QED) is 0.912. The molecule has 0 saturated carbocycles. The van der Waals surface area contributed by atoms with Gasteiger partial charge in [0.25, 0.3) is 0 Å². The van der Waals surface area contributed by atoms with Gasteiger partial charge in [-0.2, -0.15) is 5.10 Å². The number of benzene rings is 1. The molecule has 0 saturated heterocycles. The van der Waals surface area contributed by atoms with Crippen molar-refractivity contribution >= 4 is 27.5 Å². The van der Waals surface area contributed by atoms with Crippen LogP contribution in [0.3, 0.4) is 0 Å². The van der Waals surface area contributed by atoms with Crippen LogP contribution in [0.2, 0.25) is 5.02 Å². The van der Waals surface area contributed by atoms with Gasteiger partial charge in [0.05, 0.1) is 22.4 Å². The minimum Gasteiger partial charge on any atom is -0.308 e. The minimum atomic E-state index is 0.0653. The maximum absolute atomic E-state index is 6.13. The number of aryl methyl sites for hydroxylation is 2. The van der Waals surface area contributed by atoms with E-state index in [1.165, 1.54) is 11.1 Å². The van der Waals surface area contributed by atoms with Gasteiger partial charge in [-0.15, -0.1) is 0 Å². The average molecular weight is 343 g/mol.